The van der Waals surface area contributed by atoms with E-state index in [2.05, 4.69) is 138 Å². The highest BCUT2D eigenvalue weighted by Crippen LogP contribution is 2.36. The number of halogens is 3. The summed E-state index contributed by atoms with van der Waals surface area (Å²) in [6.45, 7) is 0. The molecule has 4 heteroatoms. The topological polar surface area (TPSA) is 3.24 Å². The van der Waals surface area contributed by atoms with Gasteiger partial charge < -0.3 is 4.90 Å². The minimum Gasteiger partial charge on any atom is -0.311 e. The monoisotopic (exact) mass is 645 g/mol. The normalized spacial score (nSPS) is 18.2. The first-order chi connectivity index (χ1) is 24.0. The molecule has 5 aromatic carbocycles. The van der Waals surface area contributed by atoms with Gasteiger partial charge in [-0.25, -0.2) is 0 Å². The Morgan fingerprint density at radius 1 is 0.551 bits per heavy atom. The molecule has 0 saturated carbocycles. The fraction of sp³-hybridized carbons (Fsp3) is 0.111. The van der Waals surface area contributed by atoms with Crippen LogP contribution < -0.4 is 15.3 Å². The van der Waals surface area contributed by atoms with Crippen LogP contribution in [-0.4, -0.2) is 0 Å². The van der Waals surface area contributed by atoms with Crippen LogP contribution >= 0.6 is 0 Å². The lowest BCUT2D eigenvalue weighted by molar-refractivity contribution is -0.137. The summed E-state index contributed by atoms with van der Waals surface area (Å²) in [5, 5.41) is 7.36. The standard InChI is InChI=1S/C45H34F3N/c46-45(47,48)35-23-27-38(28-24-35)49(36-16-8-3-9-17-36)37-25-20-31(21-26-37)34-22-29-41-42(30-34)44(33-14-6-2-7-15-33)40-19-11-10-18-39(40)43(41)32-12-4-1-5-13-32/h1-2,4-8,10-14,16-20,22-30H,3,9,15,21H2. The highest BCUT2D eigenvalue weighted by Gasteiger charge is 2.30. The summed E-state index contributed by atoms with van der Waals surface area (Å²) in [4.78, 5) is 2.05. The van der Waals surface area contributed by atoms with Crippen LogP contribution in [0, 0.1) is 0 Å². The molecule has 1 nitrogen and oxygen atoms in total. The van der Waals surface area contributed by atoms with Crippen LogP contribution in [0.2, 0.25) is 0 Å². The molecule has 0 amide bonds. The van der Waals surface area contributed by atoms with E-state index in [0.29, 0.717) is 12.1 Å². The molecule has 0 bridgehead atoms. The molecule has 3 aliphatic rings. The van der Waals surface area contributed by atoms with Gasteiger partial charge in [0.1, 0.15) is 0 Å². The predicted octanol–water partition coefficient (Wildman–Crippen LogP) is 11.1. The molecule has 0 heterocycles. The van der Waals surface area contributed by atoms with Gasteiger partial charge in [0, 0.05) is 17.1 Å². The smallest absolute Gasteiger partial charge is 0.311 e. The third kappa shape index (κ3) is 5.89. The van der Waals surface area contributed by atoms with E-state index in [1.54, 1.807) is 12.1 Å². The van der Waals surface area contributed by atoms with E-state index >= 15 is 0 Å². The second kappa shape index (κ2) is 12.8. The lowest BCUT2D eigenvalue weighted by Crippen LogP contribution is -2.22. The Morgan fingerprint density at radius 3 is 2.00 bits per heavy atom. The average molecular weight is 646 g/mol. The van der Waals surface area contributed by atoms with Crippen LogP contribution in [0.4, 0.5) is 18.9 Å². The Morgan fingerprint density at radius 2 is 1.31 bits per heavy atom. The molecular formula is C45H34F3N. The second-order valence-corrected chi connectivity index (χ2v) is 12.6. The van der Waals surface area contributed by atoms with E-state index in [-0.39, 0.29) is 0 Å². The van der Waals surface area contributed by atoms with Crippen molar-refractivity contribution in [2.45, 2.75) is 31.9 Å². The second-order valence-electron chi connectivity index (χ2n) is 12.6. The van der Waals surface area contributed by atoms with E-state index in [1.807, 2.05) is 0 Å². The summed E-state index contributed by atoms with van der Waals surface area (Å²) < 4.78 is 40.1. The van der Waals surface area contributed by atoms with Crippen molar-refractivity contribution in [3.8, 4) is 11.1 Å². The molecule has 3 aliphatic carbocycles. The summed E-state index contributed by atoms with van der Waals surface area (Å²) in [6, 6.07) is 31.7. The minimum atomic E-state index is -4.38. The number of nitrogens with zero attached hydrogens (tertiary/aromatic N) is 1. The summed E-state index contributed by atoms with van der Waals surface area (Å²) in [6.07, 6.45) is 20.5. The fourth-order valence-corrected chi connectivity index (χ4v) is 7.27. The summed E-state index contributed by atoms with van der Waals surface area (Å²) >= 11 is 0. The fourth-order valence-electron chi connectivity index (χ4n) is 7.27. The van der Waals surface area contributed by atoms with Crippen molar-refractivity contribution in [3.63, 3.8) is 0 Å². The summed E-state index contributed by atoms with van der Waals surface area (Å²) in [5.41, 5.74) is 6.88. The number of fused-ring (bicyclic) bond motifs is 2. The highest BCUT2D eigenvalue weighted by molar-refractivity contribution is 6.14. The van der Waals surface area contributed by atoms with Gasteiger partial charge in [0.2, 0.25) is 0 Å². The molecule has 240 valence electrons. The van der Waals surface area contributed by atoms with Gasteiger partial charge in [-0.1, -0.05) is 115 Å². The summed E-state index contributed by atoms with van der Waals surface area (Å²) in [5.74, 6) is 0. The van der Waals surface area contributed by atoms with E-state index in [1.165, 1.54) is 49.0 Å². The van der Waals surface area contributed by atoms with Crippen LogP contribution in [0.25, 0.3) is 43.8 Å². The maximum atomic E-state index is 13.4. The molecule has 0 fully saturated rings. The predicted molar refractivity (Wildman–Crippen MR) is 198 cm³/mol. The van der Waals surface area contributed by atoms with Crippen molar-refractivity contribution in [1.29, 1.82) is 0 Å². The molecule has 5 aromatic rings. The summed E-state index contributed by atoms with van der Waals surface area (Å²) in [7, 11) is 0. The number of hydrogen-bond acceptors (Lipinski definition) is 1. The van der Waals surface area contributed by atoms with Gasteiger partial charge in [-0.05, 0) is 122 Å². The number of benzene rings is 5. The van der Waals surface area contributed by atoms with Gasteiger partial charge in [0.05, 0.1) is 5.56 Å². The number of alkyl halides is 3. The van der Waals surface area contributed by atoms with Crippen LogP contribution in [0.1, 0.15) is 31.2 Å². The van der Waals surface area contributed by atoms with E-state index in [9.17, 15) is 13.2 Å². The van der Waals surface area contributed by atoms with Crippen LogP contribution in [-0.2, 0) is 6.18 Å². The number of anilines is 1. The first kappa shape index (κ1) is 30.7. The van der Waals surface area contributed by atoms with Crippen molar-refractivity contribution in [2.75, 3.05) is 4.90 Å². The molecule has 0 saturated heterocycles. The van der Waals surface area contributed by atoms with Gasteiger partial charge in [-0.2, -0.15) is 13.2 Å². The maximum Gasteiger partial charge on any atom is 0.416 e. The van der Waals surface area contributed by atoms with E-state index < -0.39 is 11.7 Å². The molecule has 0 N–H and O–H groups in total. The first-order valence-corrected chi connectivity index (χ1v) is 16.8. The van der Waals surface area contributed by atoms with Gasteiger partial charge >= 0.3 is 6.18 Å². The molecule has 0 radical (unpaired) electrons. The number of hydrogen-bond donors (Lipinski definition) is 0. The quantitative estimate of drug-likeness (QED) is 0.176. The Bertz CT molecular complexity index is 2400. The van der Waals surface area contributed by atoms with Crippen molar-refractivity contribution in [1.82, 2.24) is 0 Å². The van der Waals surface area contributed by atoms with Gasteiger partial charge in [0.15, 0.2) is 0 Å². The van der Waals surface area contributed by atoms with Crippen molar-refractivity contribution < 1.29 is 13.2 Å². The zero-order chi connectivity index (χ0) is 33.4. The minimum absolute atomic E-state index is 0.648. The molecule has 8 rings (SSSR count). The molecule has 0 atom stereocenters. The molecule has 0 unspecified atom stereocenters. The molecule has 0 aliphatic heterocycles. The highest BCUT2D eigenvalue weighted by atomic mass is 19.4. The number of allylic oxidation sites excluding steroid dienone is 10. The molecule has 49 heavy (non-hydrogen) atoms. The number of rotatable bonds is 4. The van der Waals surface area contributed by atoms with Crippen LogP contribution in [0.3, 0.4) is 0 Å². The third-order valence-electron chi connectivity index (χ3n) is 9.59. The maximum absolute atomic E-state index is 13.4. The molecule has 0 spiro atoms. The Labute approximate surface area is 284 Å². The van der Waals surface area contributed by atoms with Crippen LogP contribution in [0.5, 0.6) is 0 Å². The van der Waals surface area contributed by atoms with E-state index in [0.717, 1.165) is 48.0 Å². The largest absolute Gasteiger partial charge is 0.416 e. The Balaban J connectivity index is 1.28. The molecule has 0 aromatic heterocycles. The lowest BCUT2D eigenvalue weighted by atomic mass is 9.87. The van der Waals surface area contributed by atoms with Crippen LogP contribution in [0.15, 0.2) is 169 Å². The SMILES string of the molecule is FC(F)(F)c1ccc(N(C2=CCCC=C2)C2=CCC(=c3ccc4c(-c5ccccc5)c5ccccc5c(=C5C=CC=CC5)c4c3)C=C2)cc1. The zero-order valence-electron chi connectivity index (χ0n) is 26.9. The van der Waals surface area contributed by atoms with Gasteiger partial charge in [0.25, 0.3) is 0 Å². The Hall–Kier alpha value is -5.61. The zero-order valence-corrected chi connectivity index (χ0v) is 26.9. The third-order valence-corrected chi connectivity index (χ3v) is 9.59. The van der Waals surface area contributed by atoms with Crippen molar-refractivity contribution in [3.05, 3.63) is 185 Å². The van der Waals surface area contributed by atoms with Gasteiger partial charge in [-0.3, -0.25) is 0 Å². The van der Waals surface area contributed by atoms with Gasteiger partial charge in [-0.15, -0.1) is 0 Å². The average Bonchev–Trinajstić information content (AvgIpc) is 3.15. The Kier molecular flexibility index (Phi) is 8.01. The lowest BCUT2D eigenvalue weighted by Gasteiger charge is -2.30. The van der Waals surface area contributed by atoms with E-state index in [4.69, 9.17) is 0 Å². The van der Waals surface area contributed by atoms with Crippen molar-refractivity contribution >= 4 is 38.4 Å². The molecular weight excluding hydrogens is 611 g/mol. The van der Waals surface area contributed by atoms with Crippen molar-refractivity contribution in [2.24, 2.45) is 0 Å². The first-order valence-electron chi connectivity index (χ1n) is 16.8.